The van der Waals surface area contributed by atoms with Crippen molar-refractivity contribution in [2.24, 2.45) is 0 Å². The monoisotopic (exact) mass is 304 g/mol. The number of benzene rings is 1. The number of anilines is 1. The Morgan fingerprint density at radius 1 is 1.19 bits per heavy atom. The molecule has 0 radical (unpaired) electrons. The molecular formula is C15H16N2O3S. The van der Waals surface area contributed by atoms with Gasteiger partial charge in [-0.25, -0.2) is 4.79 Å². The Morgan fingerprint density at radius 3 is 2.62 bits per heavy atom. The quantitative estimate of drug-likeness (QED) is 0.794. The molecule has 2 rings (SSSR count). The molecule has 0 atom stereocenters. The zero-order valence-electron chi connectivity index (χ0n) is 11.6. The second-order valence-electron chi connectivity index (χ2n) is 4.62. The van der Waals surface area contributed by atoms with E-state index in [1.807, 2.05) is 17.7 Å². The lowest BCUT2D eigenvalue weighted by atomic mass is 10.1. The summed E-state index contributed by atoms with van der Waals surface area (Å²) in [5, 5.41) is 18.3. The molecule has 2 amide bonds. The van der Waals surface area contributed by atoms with E-state index in [1.54, 1.807) is 35.6 Å². The number of carbonyl (C=O) groups is 2. The lowest BCUT2D eigenvalue weighted by Gasteiger charge is -2.11. The highest BCUT2D eigenvalue weighted by molar-refractivity contribution is 7.08. The minimum Gasteiger partial charge on any atom is -0.481 e. The van der Waals surface area contributed by atoms with Crippen molar-refractivity contribution >= 4 is 29.0 Å². The lowest BCUT2D eigenvalue weighted by molar-refractivity contribution is -0.136. The van der Waals surface area contributed by atoms with Crippen LogP contribution in [0.1, 0.15) is 16.7 Å². The first kappa shape index (κ1) is 15.1. The van der Waals surface area contributed by atoms with Crippen molar-refractivity contribution in [2.45, 2.75) is 19.9 Å². The Balaban J connectivity index is 1.96. The summed E-state index contributed by atoms with van der Waals surface area (Å²) in [7, 11) is 0. The number of aliphatic carboxylic acids is 1. The number of thiophene rings is 1. The van der Waals surface area contributed by atoms with E-state index in [0.717, 1.165) is 11.1 Å². The van der Waals surface area contributed by atoms with Gasteiger partial charge >= 0.3 is 12.0 Å². The number of carboxylic acid groups (broad SMARTS) is 1. The van der Waals surface area contributed by atoms with Crippen molar-refractivity contribution < 1.29 is 14.7 Å². The van der Waals surface area contributed by atoms with Crippen LogP contribution in [0.5, 0.6) is 0 Å². The van der Waals surface area contributed by atoms with Crippen LogP contribution in [0.25, 0.3) is 0 Å². The predicted molar refractivity (Wildman–Crippen MR) is 82.7 cm³/mol. The third-order valence-corrected chi connectivity index (χ3v) is 3.92. The molecule has 1 heterocycles. The fourth-order valence-corrected chi connectivity index (χ4v) is 2.73. The predicted octanol–water partition coefficient (Wildman–Crippen LogP) is 3.01. The second-order valence-corrected chi connectivity index (χ2v) is 5.36. The van der Waals surface area contributed by atoms with Crippen LogP contribution >= 0.6 is 11.3 Å². The van der Waals surface area contributed by atoms with Gasteiger partial charge in [0.2, 0.25) is 0 Å². The molecule has 2 aromatic rings. The van der Waals surface area contributed by atoms with Gasteiger partial charge in [-0.1, -0.05) is 18.2 Å². The topological polar surface area (TPSA) is 78.4 Å². The average Bonchev–Trinajstić information content (AvgIpc) is 2.84. The fraction of sp³-hybridized carbons (Fsp3) is 0.200. The normalized spacial score (nSPS) is 10.1. The molecule has 0 unspecified atom stereocenters. The van der Waals surface area contributed by atoms with Gasteiger partial charge in [-0.3, -0.25) is 4.79 Å². The first-order valence-electron chi connectivity index (χ1n) is 6.42. The number of para-hydroxylation sites is 1. The molecule has 5 nitrogen and oxygen atoms in total. The number of carbonyl (C=O) groups excluding carboxylic acids is 1. The number of nitrogens with one attached hydrogen (secondary N) is 2. The summed E-state index contributed by atoms with van der Waals surface area (Å²) in [6, 6.07) is 6.53. The largest absolute Gasteiger partial charge is 0.481 e. The molecule has 21 heavy (non-hydrogen) atoms. The third-order valence-electron chi connectivity index (χ3n) is 3.01. The van der Waals surface area contributed by atoms with Crippen LogP contribution in [0.15, 0.2) is 35.0 Å². The molecule has 3 N–H and O–H groups in total. The summed E-state index contributed by atoms with van der Waals surface area (Å²) in [6.45, 7) is 2.44. The van der Waals surface area contributed by atoms with E-state index < -0.39 is 5.97 Å². The molecule has 0 saturated heterocycles. The molecule has 1 aromatic carbocycles. The minimum absolute atomic E-state index is 0.125. The first-order valence-corrected chi connectivity index (χ1v) is 7.36. The Hall–Kier alpha value is -2.34. The maximum atomic E-state index is 11.9. The zero-order chi connectivity index (χ0) is 15.2. The van der Waals surface area contributed by atoms with Gasteiger partial charge in [-0.2, -0.15) is 11.3 Å². The summed E-state index contributed by atoms with van der Waals surface area (Å²) in [5.41, 5.74) is 3.31. The van der Waals surface area contributed by atoms with Crippen molar-refractivity contribution in [1.82, 2.24) is 5.32 Å². The van der Waals surface area contributed by atoms with Gasteiger partial charge in [-0.05, 0) is 40.4 Å². The summed E-state index contributed by atoms with van der Waals surface area (Å²) in [6.07, 6.45) is -0.125. The smallest absolute Gasteiger partial charge is 0.319 e. The van der Waals surface area contributed by atoms with Crippen molar-refractivity contribution in [3.8, 4) is 0 Å². The van der Waals surface area contributed by atoms with E-state index in [-0.39, 0.29) is 12.5 Å². The van der Waals surface area contributed by atoms with Crippen molar-refractivity contribution in [3.63, 3.8) is 0 Å². The summed E-state index contributed by atoms with van der Waals surface area (Å²) < 4.78 is 0. The highest BCUT2D eigenvalue weighted by Crippen LogP contribution is 2.16. The molecule has 0 bridgehead atoms. The highest BCUT2D eigenvalue weighted by atomic mass is 32.1. The van der Waals surface area contributed by atoms with Gasteiger partial charge in [0.1, 0.15) is 0 Å². The molecule has 1 aromatic heterocycles. The van der Waals surface area contributed by atoms with Gasteiger partial charge in [-0.15, -0.1) is 0 Å². The minimum atomic E-state index is -0.932. The molecule has 110 valence electrons. The molecule has 0 aliphatic carbocycles. The maximum Gasteiger partial charge on any atom is 0.319 e. The van der Waals surface area contributed by atoms with Crippen LogP contribution in [0.2, 0.25) is 0 Å². The van der Waals surface area contributed by atoms with Crippen molar-refractivity contribution in [1.29, 1.82) is 0 Å². The SMILES string of the molecule is Cc1cscc1CNC(=O)Nc1ccccc1CC(=O)O. The van der Waals surface area contributed by atoms with Crippen LogP contribution in [0.4, 0.5) is 10.5 Å². The lowest BCUT2D eigenvalue weighted by Crippen LogP contribution is -2.28. The number of hydrogen-bond acceptors (Lipinski definition) is 3. The number of urea groups is 1. The third kappa shape index (κ3) is 4.32. The Kier molecular flexibility index (Phi) is 4.94. The van der Waals surface area contributed by atoms with Gasteiger partial charge in [0.05, 0.1) is 6.42 Å². The van der Waals surface area contributed by atoms with Crippen molar-refractivity contribution in [2.75, 3.05) is 5.32 Å². The van der Waals surface area contributed by atoms with E-state index in [2.05, 4.69) is 10.6 Å². The fourth-order valence-electron chi connectivity index (χ4n) is 1.87. The standard InChI is InChI=1S/C15H16N2O3S/c1-10-8-21-9-12(10)7-16-15(20)17-13-5-3-2-4-11(13)6-14(18)19/h2-5,8-9H,6-7H2,1H3,(H,18,19)(H2,16,17,20). The Labute approximate surface area is 126 Å². The van der Waals surface area contributed by atoms with Crippen LogP contribution in [-0.2, 0) is 17.8 Å². The highest BCUT2D eigenvalue weighted by Gasteiger charge is 2.09. The van der Waals surface area contributed by atoms with E-state index in [1.165, 1.54) is 0 Å². The second kappa shape index (κ2) is 6.90. The van der Waals surface area contributed by atoms with Crippen LogP contribution in [0, 0.1) is 6.92 Å². The molecular weight excluding hydrogens is 288 g/mol. The molecule has 0 aliphatic rings. The summed E-state index contributed by atoms with van der Waals surface area (Å²) >= 11 is 1.59. The van der Waals surface area contributed by atoms with Crippen LogP contribution in [0.3, 0.4) is 0 Å². The number of amides is 2. The van der Waals surface area contributed by atoms with Crippen LogP contribution in [-0.4, -0.2) is 17.1 Å². The van der Waals surface area contributed by atoms with Crippen LogP contribution < -0.4 is 10.6 Å². The van der Waals surface area contributed by atoms with Gasteiger partial charge in [0.25, 0.3) is 0 Å². The molecule has 0 spiro atoms. The van der Waals surface area contributed by atoms with Gasteiger partial charge in [0.15, 0.2) is 0 Å². The van der Waals surface area contributed by atoms with Gasteiger partial charge in [0, 0.05) is 12.2 Å². The summed E-state index contributed by atoms with van der Waals surface area (Å²) in [4.78, 5) is 22.7. The van der Waals surface area contributed by atoms with E-state index in [0.29, 0.717) is 17.8 Å². The van der Waals surface area contributed by atoms with E-state index in [9.17, 15) is 9.59 Å². The maximum absolute atomic E-state index is 11.9. The number of aryl methyl sites for hydroxylation is 1. The van der Waals surface area contributed by atoms with Crippen molar-refractivity contribution in [3.05, 3.63) is 51.7 Å². The van der Waals surface area contributed by atoms with E-state index >= 15 is 0 Å². The molecule has 0 saturated carbocycles. The van der Waals surface area contributed by atoms with Gasteiger partial charge < -0.3 is 15.7 Å². The number of hydrogen-bond donors (Lipinski definition) is 3. The molecule has 0 aliphatic heterocycles. The van der Waals surface area contributed by atoms with E-state index in [4.69, 9.17) is 5.11 Å². The molecule has 6 heteroatoms. The first-order chi connectivity index (χ1) is 10.1. The number of carboxylic acids is 1. The average molecular weight is 304 g/mol. The Bertz CT molecular complexity index is 652. The summed E-state index contributed by atoms with van der Waals surface area (Å²) in [5.74, 6) is -0.932. The number of rotatable bonds is 5. The zero-order valence-corrected chi connectivity index (χ0v) is 12.4. The molecule has 0 fully saturated rings. The Morgan fingerprint density at radius 2 is 1.95 bits per heavy atom.